The first-order valence-corrected chi connectivity index (χ1v) is 6.40. The minimum atomic E-state index is -0.285. The van der Waals surface area contributed by atoms with Crippen LogP contribution in [0.15, 0.2) is 36.7 Å². The smallest absolute Gasteiger partial charge is 0.146 e. The van der Waals surface area contributed by atoms with Crippen molar-refractivity contribution in [2.45, 2.75) is 26.4 Å². The van der Waals surface area contributed by atoms with Gasteiger partial charge >= 0.3 is 0 Å². The third-order valence-electron chi connectivity index (χ3n) is 2.70. The molecule has 1 N–H and O–H groups in total. The van der Waals surface area contributed by atoms with E-state index in [1.807, 2.05) is 12.3 Å². The maximum absolute atomic E-state index is 13.5. The van der Waals surface area contributed by atoms with Gasteiger partial charge in [0.05, 0.1) is 5.69 Å². The number of anilines is 1. The van der Waals surface area contributed by atoms with Crippen molar-refractivity contribution in [3.8, 4) is 0 Å². The van der Waals surface area contributed by atoms with Gasteiger partial charge in [0.2, 0.25) is 0 Å². The van der Waals surface area contributed by atoms with Crippen LogP contribution in [0.2, 0.25) is 5.02 Å². The summed E-state index contributed by atoms with van der Waals surface area (Å²) < 4.78 is 15.6. The highest BCUT2D eigenvalue weighted by atomic mass is 35.5. The van der Waals surface area contributed by atoms with Gasteiger partial charge < -0.3 is 9.88 Å². The first kappa shape index (κ1) is 13.0. The second kappa shape index (κ2) is 5.91. The van der Waals surface area contributed by atoms with Crippen molar-refractivity contribution < 1.29 is 4.39 Å². The Morgan fingerprint density at radius 3 is 2.94 bits per heavy atom. The first-order valence-electron chi connectivity index (χ1n) is 6.02. The van der Waals surface area contributed by atoms with Crippen LogP contribution in [0.25, 0.3) is 0 Å². The molecule has 0 aliphatic heterocycles. The average Bonchev–Trinajstić information content (AvgIpc) is 2.79. The number of benzene rings is 1. The number of nitrogens with one attached hydrogen (secondary N) is 1. The molecule has 2 rings (SSSR count). The molecule has 0 amide bonds. The molecule has 2 aromatic rings. The lowest BCUT2D eigenvalue weighted by Gasteiger charge is -2.06. The standard InChI is InChI=1S/C14H16ClFN2/c1-2-6-18-7-5-11(10-18)9-17-14-8-12(15)3-4-13(14)16/h3-5,7-8,10,17H,2,6,9H2,1H3. The Kier molecular flexibility index (Phi) is 4.26. The normalized spacial score (nSPS) is 10.6. The minimum Gasteiger partial charge on any atom is -0.379 e. The Labute approximate surface area is 111 Å². The Morgan fingerprint density at radius 1 is 1.33 bits per heavy atom. The number of rotatable bonds is 5. The summed E-state index contributed by atoms with van der Waals surface area (Å²) in [6.45, 7) is 3.73. The molecule has 0 atom stereocenters. The lowest BCUT2D eigenvalue weighted by molar-refractivity contribution is 0.630. The predicted molar refractivity (Wildman–Crippen MR) is 73.5 cm³/mol. The predicted octanol–water partition coefficient (Wildman–Crippen LogP) is 4.30. The van der Waals surface area contributed by atoms with Gasteiger partial charge in [-0.25, -0.2) is 4.39 Å². The van der Waals surface area contributed by atoms with Gasteiger partial charge in [-0.05, 0) is 36.2 Å². The van der Waals surface area contributed by atoms with E-state index >= 15 is 0 Å². The highest BCUT2D eigenvalue weighted by Gasteiger charge is 2.03. The van der Waals surface area contributed by atoms with Crippen molar-refractivity contribution in [1.82, 2.24) is 4.57 Å². The lowest BCUT2D eigenvalue weighted by atomic mass is 10.3. The van der Waals surface area contributed by atoms with Gasteiger partial charge in [0.25, 0.3) is 0 Å². The molecular weight excluding hydrogens is 251 g/mol. The van der Waals surface area contributed by atoms with Crippen LogP contribution in [0, 0.1) is 5.82 Å². The van der Waals surface area contributed by atoms with E-state index in [0.29, 0.717) is 17.3 Å². The van der Waals surface area contributed by atoms with E-state index in [-0.39, 0.29) is 5.82 Å². The number of nitrogens with zero attached hydrogens (tertiary/aromatic N) is 1. The summed E-state index contributed by atoms with van der Waals surface area (Å²) in [6, 6.07) is 6.54. The van der Waals surface area contributed by atoms with E-state index in [1.165, 1.54) is 6.07 Å². The topological polar surface area (TPSA) is 17.0 Å². The van der Waals surface area contributed by atoms with Crippen molar-refractivity contribution >= 4 is 17.3 Å². The summed E-state index contributed by atoms with van der Waals surface area (Å²) in [5.41, 5.74) is 1.56. The Balaban J connectivity index is 1.99. The minimum absolute atomic E-state index is 0.285. The second-order valence-corrected chi connectivity index (χ2v) is 4.67. The molecule has 0 aliphatic rings. The van der Waals surface area contributed by atoms with Gasteiger partial charge in [0, 0.05) is 30.5 Å². The molecule has 0 saturated carbocycles. The van der Waals surface area contributed by atoms with Crippen LogP contribution in [-0.4, -0.2) is 4.57 Å². The fraction of sp³-hybridized carbons (Fsp3) is 0.286. The van der Waals surface area contributed by atoms with Crippen LogP contribution in [0.5, 0.6) is 0 Å². The van der Waals surface area contributed by atoms with Crippen molar-refractivity contribution in [1.29, 1.82) is 0 Å². The Morgan fingerprint density at radius 2 is 2.17 bits per heavy atom. The number of hydrogen-bond acceptors (Lipinski definition) is 1. The highest BCUT2D eigenvalue weighted by molar-refractivity contribution is 6.30. The van der Waals surface area contributed by atoms with E-state index in [4.69, 9.17) is 11.6 Å². The molecule has 0 saturated heterocycles. The summed E-state index contributed by atoms with van der Waals surface area (Å²) in [5.74, 6) is -0.285. The van der Waals surface area contributed by atoms with Gasteiger partial charge in [-0.2, -0.15) is 0 Å². The molecule has 0 fully saturated rings. The maximum atomic E-state index is 13.5. The van der Waals surface area contributed by atoms with Crippen LogP contribution < -0.4 is 5.32 Å². The summed E-state index contributed by atoms with van der Waals surface area (Å²) in [5, 5.41) is 3.58. The molecule has 1 aromatic heterocycles. The number of aromatic nitrogens is 1. The van der Waals surface area contributed by atoms with Gasteiger partial charge in [-0.1, -0.05) is 18.5 Å². The monoisotopic (exact) mass is 266 g/mol. The zero-order chi connectivity index (χ0) is 13.0. The van der Waals surface area contributed by atoms with Gasteiger partial charge in [0.15, 0.2) is 0 Å². The van der Waals surface area contributed by atoms with Gasteiger partial charge in [0.1, 0.15) is 5.82 Å². The number of halogens is 2. The molecule has 0 unspecified atom stereocenters. The first-order chi connectivity index (χ1) is 8.69. The molecule has 1 heterocycles. The molecular formula is C14H16ClFN2. The van der Waals surface area contributed by atoms with Crippen LogP contribution >= 0.6 is 11.6 Å². The summed E-state index contributed by atoms with van der Waals surface area (Å²) >= 11 is 5.83. The van der Waals surface area contributed by atoms with E-state index in [0.717, 1.165) is 18.5 Å². The van der Waals surface area contributed by atoms with Crippen molar-refractivity contribution in [3.63, 3.8) is 0 Å². The zero-order valence-electron chi connectivity index (χ0n) is 10.3. The van der Waals surface area contributed by atoms with Crippen LogP contribution in [0.4, 0.5) is 10.1 Å². The average molecular weight is 267 g/mol. The van der Waals surface area contributed by atoms with E-state index < -0.39 is 0 Å². The molecule has 2 nitrogen and oxygen atoms in total. The summed E-state index contributed by atoms with van der Waals surface area (Å²) in [6.07, 6.45) is 5.21. The lowest BCUT2D eigenvalue weighted by Crippen LogP contribution is -2.01. The third kappa shape index (κ3) is 3.26. The van der Waals surface area contributed by atoms with Crippen LogP contribution in [-0.2, 0) is 13.1 Å². The maximum Gasteiger partial charge on any atom is 0.146 e. The van der Waals surface area contributed by atoms with Crippen LogP contribution in [0.3, 0.4) is 0 Å². The molecule has 0 spiro atoms. The molecule has 18 heavy (non-hydrogen) atoms. The Hall–Kier alpha value is -1.48. The van der Waals surface area contributed by atoms with Crippen LogP contribution in [0.1, 0.15) is 18.9 Å². The highest BCUT2D eigenvalue weighted by Crippen LogP contribution is 2.20. The van der Waals surface area contributed by atoms with Crippen molar-refractivity contribution in [2.24, 2.45) is 0 Å². The number of aryl methyl sites for hydroxylation is 1. The largest absolute Gasteiger partial charge is 0.379 e. The third-order valence-corrected chi connectivity index (χ3v) is 2.94. The van der Waals surface area contributed by atoms with Gasteiger partial charge in [-0.15, -0.1) is 0 Å². The second-order valence-electron chi connectivity index (χ2n) is 4.24. The molecule has 0 aliphatic carbocycles. The van der Waals surface area contributed by atoms with E-state index in [2.05, 4.69) is 23.0 Å². The molecule has 0 bridgehead atoms. The fourth-order valence-electron chi connectivity index (χ4n) is 1.82. The fourth-order valence-corrected chi connectivity index (χ4v) is 1.99. The Bertz CT molecular complexity index is 522. The SMILES string of the molecule is CCCn1ccc(CNc2cc(Cl)ccc2F)c1. The molecule has 1 aromatic carbocycles. The van der Waals surface area contributed by atoms with Crippen molar-refractivity contribution in [3.05, 3.63) is 53.1 Å². The summed E-state index contributed by atoms with van der Waals surface area (Å²) in [7, 11) is 0. The molecule has 4 heteroatoms. The molecule has 96 valence electrons. The zero-order valence-corrected chi connectivity index (χ0v) is 11.0. The van der Waals surface area contributed by atoms with Gasteiger partial charge in [-0.3, -0.25) is 0 Å². The summed E-state index contributed by atoms with van der Waals surface area (Å²) in [4.78, 5) is 0. The quantitative estimate of drug-likeness (QED) is 0.854. The van der Waals surface area contributed by atoms with Crippen molar-refractivity contribution in [2.75, 3.05) is 5.32 Å². The molecule has 0 radical (unpaired) electrons. The van der Waals surface area contributed by atoms with E-state index in [9.17, 15) is 4.39 Å². The number of hydrogen-bond donors (Lipinski definition) is 1. The van der Waals surface area contributed by atoms with E-state index in [1.54, 1.807) is 12.1 Å².